The Morgan fingerprint density at radius 3 is 2.86 bits per heavy atom. The Labute approximate surface area is 128 Å². The van der Waals surface area contributed by atoms with E-state index in [0.29, 0.717) is 24.4 Å². The lowest BCUT2D eigenvalue weighted by Gasteiger charge is -2.33. The van der Waals surface area contributed by atoms with Crippen LogP contribution in [0.3, 0.4) is 0 Å². The predicted molar refractivity (Wildman–Crippen MR) is 79.1 cm³/mol. The molecule has 118 valence electrons. The van der Waals surface area contributed by atoms with Crippen LogP contribution in [0.2, 0.25) is 0 Å². The van der Waals surface area contributed by atoms with Crippen molar-refractivity contribution < 1.29 is 18.3 Å². The lowest BCUT2D eigenvalue weighted by molar-refractivity contribution is -0.142. The first kappa shape index (κ1) is 16.3. The van der Waals surface area contributed by atoms with E-state index >= 15 is 0 Å². The lowest BCUT2D eigenvalue weighted by Crippen LogP contribution is -2.52. The van der Waals surface area contributed by atoms with Crippen LogP contribution >= 0.6 is 11.3 Å². The highest BCUT2D eigenvalue weighted by Gasteiger charge is 2.36. The van der Waals surface area contributed by atoms with Crippen LogP contribution in [0.1, 0.15) is 31.7 Å². The number of aliphatic carboxylic acids is 1. The number of carboxylic acid groups (broad SMARTS) is 1. The monoisotopic (exact) mass is 333 g/mol. The molecule has 1 aliphatic rings. The van der Waals surface area contributed by atoms with Crippen LogP contribution in [0.15, 0.2) is 11.6 Å². The lowest BCUT2D eigenvalue weighted by atomic mass is 10.0. The molecule has 0 saturated carbocycles. The van der Waals surface area contributed by atoms with Gasteiger partial charge in [-0.1, -0.05) is 0 Å². The minimum absolute atomic E-state index is 0.0125. The number of piperidine rings is 1. The zero-order valence-corrected chi connectivity index (χ0v) is 13.6. The maximum Gasteiger partial charge on any atom is 0.307 e. The van der Waals surface area contributed by atoms with Crippen LogP contribution in [0.25, 0.3) is 0 Å². The third-order valence-electron chi connectivity index (χ3n) is 3.42. The third-order valence-corrected chi connectivity index (χ3v) is 6.30. The number of carboxylic acids is 1. The summed E-state index contributed by atoms with van der Waals surface area (Å²) in [7, 11) is -3.75. The minimum Gasteiger partial charge on any atom is -0.481 e. The topological polar surface area (TPSA) is 99.6 Å². The van der Waals surface area contributed by atoms with E-state index in [1.165, 1.54) is 15.6 Å². The fourth-order valence-electron chi connectivity index (χ4n) is 2.33. The van der Waals surface area contributed by atoms with Crippen molar-refractivity contribution in [3.05, 3.63) is 16.6 Å². The second kappa shape index (κ2) is 5.99. The molecule has 1 aromatic heterocycles. The number of rotatable bonds is 5. The van der Waals surface area contributed by atoms with Crippen LogP contribution < -0.4 is 4.72 Å². The standard InChI is InChI=1S/C12H19N3O4S2/c1-12(2,11-13-5-7-20-11)14-21(18,19)15-6-3-4-9(8-15)10(16)17/h5,7,9,14H,3-4,6,8H2,1-2H3,(H,16,17). The van der Waals surface area contributed by atoms with Gasteiger partial charge in [0, 0.05) is 24.7 Å². The average Bonchev–Trinajstić information content (AvgIpc) is 2.92. The molecule has 2 N–H and O–H groups in total. The van der Waals surface area contributed by atoms with Crippen molar-refractivity contribution in [1.82, 2.24) is 14.0 Å². The number of hydrogen-bond acceptors (Lipinski definition) is 5. The molecule has 1 atom stereocenters. The molecular formula is C12H19N3O4S2. The van der Waals surface area contributed by atoms with Crippen LogP contribution in [0.4, 0.5) is 0 Å². The Kier molecular flexibility index (Phi) is 4.66. The fraction of sp³-hybridized carbons (Fsp3) is 0.667. The molecule has 1 fully saturated rings. The molecule has 0 amide bonds. The summed E-state index contributed by atoms with van der Waals surface area (Å²) in [5, 5.41) is 11.5. The molecule has 7 nitrogen and oxygen atoms in total. The summed E-state index contributed by atoms with van der Waals surface area (Å²) in [5.74, 6) is -1.59. The molecule has 1 unspecified atom stereocenters. The molecule has 9 heteroatoms. The number of hydrogen-bond donors (Lipinski definition) is 2. The molecule has 2 heterocycles. The van der Waals surface area contributed by atoms with Gasteiger partial charge in [0.1, 0.15) is 5.01 Å². The van der Waals surface area contributed by atoms with Gasteiger partial charge >= 0.3 is 5.97 Å². The second-order valence-electron chi connectivity index (χ2n) is 5.60. The fourth-order valence-corrected chi connectivity index (χ4v) is 4.72. The number of nitrogens with one attached hydrogen (secondary N) is 1. The molecule has 1 saturated heterocycles. The van der Waals surface area contributed by atoms with Gasteiger partial charge in [-0.15, -0.1) is 11.3 Å². The van der Waals surface area contributed by atoms with Crippen molar-refractivity contribution in [2.45, 2.75) is 32.2 Å². The highest BCUT2D eigenvalue weighted by atomic mass is 32.2. The molecule has 0 radical (unpaired) electrons. The highest BCUT2D eigenvalue weighted by molar-refractivity contribution is 7.87. The summed E-state index contributed by atoms with van der Waals surface area (Å²) in [6.07, 6.45) is 2.68. The van der Waals surface area contributed by atoms with E-state index in [2.05, 4.69) is 9.71 Å². The molecular weight excluding hydrogens is 314 g/mol. The first-order valence-corrected chi connectivity index (χ1v) is 8.96. The van der Waals surface area contributed by atoms with E-state index in [1.807, 2.05) is 0 Å². The molecule has 1 aliphatic heterocycles. The Hall–Kier alpha value is -1.03. The number of nitrogens with zero attached hydrogens (tertiary/aromatic N) is 2. The van der Waals surface area contributed by atoms with Gasteiger partial charge < -0.3 is 5.11 Å². The highest BCUT2D eigenvalue weighted by Crippen LogP contribution is 2.25. The van der Waals surface area contributed by atoms with Crippen molar-refractivity contribution in [1.29, 1.82) is 0 Å². The molecule has 0 spiro atoms. The third kappa shape index (κ3) is 3.79. The summed E-state index contributed by atoms with van der Waals surface area (Å²) in [4.78, 5) is 15.2. The van der Waals surface area contributed by atoms with Gasteiger partial charge in [-0.3, -0.25) is 4.79 Å². The van der Waals surface area contributed by atoms with Crippen molar-refractivity contribution >= 4 is 27.5 Å². The summed E-state index contributed by atoms with van der Waals surface area (Å²) in [6, 6.07) is 0. The SMILES string of the molecule is CC(C)(NS(=O)(=O)N1CCCC(C(=O)O)C1)c1nccs1. The van der Waals surface area contributed by atoms with Crippen molar-refractivity contribution in [2.75, 3.05) is 13.1 Å². The van der Waals surface area contributed by atoms with Gasteiger partial charge in [0.15, 0.2) is 0 Å². The van der Waals surface area contributed by atoms with E-state index in [1.54, 1.807) is 25.4 Å². The van der Waals surface area contributed by atoms with Gasteiger partial charge in [0.25, 0.3) is 10.2 Å². The first-order valence-electron chi connectivity index (χ1n) is 6.64. The Balaban J connectivity index is 2.13. The van der Waals surface area contributed by atoms with Gasteiger partial charge in [0.05, 0.1) is 11.5 Å². The summed E-state index contributed by atoms with van der Waals surface area (Å²) in [5.41, 5.74) is -0.830. The zero-order chi connectivity index (χ0) is 15.7. The minimum atomic E-state index is -3.75. The van der Waals surface area contributed by atoms with E-state index in [-0.39, 0.29) is 6.54 Å². The van der Waals surface area contributed by atoms with E-state index in [4.69, 9.17) is 5.11 Å². The van der Waals surface area contributed by atoms with Crippen molar-refractivity contribution in [3.63, 3.8) is 0 Å². The van der Waals surface area contributed by atoms with Gasteiger partial charge in [0.2, 0.25) is 0 Å². The molecule has 21 heavy (non-hydrogen) atoms. The quantitative estimate of drug-likeness (QED) is 0.838. The van der Waals surface area contributed by atoms with E-state index < -0.39 is 27.6 Å². The summed E-state index contributed by atoms with van der Waals surface area (Å²) < 4.78 is 28.8. The zero-order valence-electron chi connectivity index (χ0n) is 11.9. The van der Waals surface area contributed by atoms with Gasteiger partial charge in [-0.25, -0.2) is 4.98 Å². The molecule has 0 aromatic carbocycles. The Morgan fingerprint density at radius 1 is 1.57 bits per heavy atom. The molecule has 0 aliphatic carbocycles. The molecule has 0 bridgehead atoms. The predicted octanol–water partition coefficient (Wildman–Crippen LogP) is 1.01. The number of carbonyl (C=O) groups is 1. The largest absolute Gasteiger partial charge is 0.481 e. The van der Waals surface area contributed by atoms with Gasteiger partial charge in [-0.2, -0.15) is 17.4 Å². The number of aromatic nitrogens is 1. The van der Waals surface area contributed by atoms with Crippen LogP contribution in [-0.2, 0) is 20.5 Å². The Morgan fingerprint density at radius 2 is 2.29 bits per heavy atom. The Bertz CT molecular complexity index is 598. The van der Waals surface area contributed by atoms with Crippen molar-refractivity contribution in [2.24, 2.45) is 5.92 Å². The normalized spacial score (nSPS) is 21.3. The summed E-state index contributed by atoms with van der Waals surface area (Å²) in [6.45, 7) is 3.83. The maximum absolute atomic E-state index is 12.5. The summed E-state index contributed by atoms with van der Waals surface area (Å²) >= 11 is 1.37. The van der Waals surface area contributed by atoms with E-state index in [0.717, 1.165) is 0 Å². The number of thiazole rings is 1. The molecule has 2 rings (SSSR count). The van der Waals surface area contributed by atoms with Crippen LogP contribution in [-0.4, -0.2) is 41.9 Å². The smallest absolute Gasteiger partial charge is 0.307 e. The molecule has 1 aromatic rings. The van der Waals surface area contributed by atoms with E-state index in [9.17, 15) is 13.2 Å². The second-order valence-corrected chi connectivity index (χ2v) is 8.17. The maximum atomic E-state index is 12.5. The average molecular weight is 333 g/mol. The van der Waals surface area contributed by atoms with Gasteiger partial charge in [-0.05, 0) is 26.7 Å². The van der Waals surface area contributed by atoms with Crippen molar-refractivity contribution in [3.8, 4) is 0 Å². The first-order chi connectivity index (χ1) is 9.72. The van der Waals surface area contributed by atoms with Crippen LogP contribution in [0, 0.1) is 5.92 Å². The van der Waals surface area contributed by atoms with Crippen LogP contribution in [0.5, 0.6) is 0 Å².